The van der Waals surface area contributed by atoms with Crippen LogP contribution in [0.3, 0.4) is 0 Å². The molecule has 2 N–H and O–H groups in total. The molecule has 3 aromatic carbocycles. The van der Waals surface area contributed by atoms with Gasteiger partial charge in [0.2, 0.25) is 0 Å². The van der Waals surface area contributed by atoms with Gasteiger partial charge in [0.1, 0.15) is 18.1 Å². The van der Waals surface area contributed by atoms with E-state index in [-0.39, 0.29) is 12.3 Å². The summed E-state index contributed by atoms with van der Waals surface area (Å²) in [6, 6.07) is 13.4. The van der Waals surface area contributed by atoms with E-state index in [9.17, 15) is 9.59 Å². The lowest BCUT2D eigenvalue weighted by Gasteiger charge is -2.15. The molecule has 12 heteroatoms. The fourth-order valence-corrected chi connectivity index (χ4v) is 4.27. The number of methoxy groups -OCH3 is 2. The molecule has 200 valence electrons. The van der Waals surface area contributed by atoms with Crippen molar-refractivity contribution in [2.45, 2.75) is 13.5 Å². The van der Waals surface area contributed by atoms with Crippen LogP contribution in [0.5, 0.6) is 23.0 Å². The summed E-state index contributed by atoms with van der Waals surface area (Å²) in [6.45, 7) is 2.33. The number of hydrogen-bond donors (Lipinski definition) is 2. The lowest BCUT2D eigenvalue weighted by Crippen LogP contribution is -2.32. The van der Waals surface area contributed by atoms with E-state index in [0.29, 0.717) is 55.2 Å². The van der Waals surface area contributed by atoms with Crippen LogP contribution in [0.25, 0.3) is 0 Å². The molecule has 0 atom stereocenters. The number of carbonyl (C=O) groups excluding carboxylic acids is 2. The highest BCUT2D eigenvalue weighted by atomic mass is 79.9. The first kappa shape index (κ1) is 29.1. The zero-order valence-electron chi connectivity index (χ0n) is 20.6. The van der Waals surface area contributed by atoms with Crippen LogP contribution in [0.2, 0.25) is 10.0 Å². The molecule has 0 fully saturated rings. The van der Waals surface area contributed by atoms with Crippen LogP contribution in [0.1, 0.15) is 18.1 Å². The van der Waals surface area contributed by atoms with Gasteiger partial charge in [0.05, 0.1) is 37.2 Å². The summed E-state index contributed by atoms with van der Waals surface area (Å²) >= 11 is 16.0. The Balaban J connectivity index is 1.69. The van der Waals surface area contributed by atoms with Crippen molar-refractivity contribution in [3.63, 3.8) is 0 Å². The quantitative estimate of drug-likeness (QED) is 0.167. The summed E-state index contributed by atoms with van der Waals surface area (Å²) in [4.78, 5) is 24.6. The van der Waals surface area contributed by atoms with Gasteiger partial charge >= 0.3 is 11.8 Å². The minimum absolute atomic E-state index is 0.119. The van der Waals surface area contributed by atoms with Crippen LogP contribution in [-0.2, 0) is 16.2 Å². The van der Waals surface area contributed by atoms with Gasteiger partial charge in [-0.1, -0.05) is 29.3 Å². The molecule has 0 heterocycles. The SMILES string of the molecule is CCOc1cc(/C=N/NC(=O)C(=O)Nc2cc(OC)ccc2OC)cc(Br)c1OCc1c(Cl)cccc1Cl. The highest BCUT2D eigenvalue weighted by Crippen LogP contribution is 2.38. The molecule has 38 heavy (non-hydrogen) atoms. The van der Waals surface area contributed by atoms with E-state index in [0.717, 1.165) is 0 Å². The second-order valence-electron chi connectivity index (χ2n) is 7.47. The monoisotopic (exact) mass is 623 g/mol. The van der Waals surface area contributed by atoms with Gasteiger partial charge in [-0.3, -0.25) is 9.59 Å². The smallest absolute Gasteiger partial charge is 0.329 e. The molecule has 0 unspecified atom stereocenters. The summed E-state index contributed by atoms with van der Waals surface area (Å²) in [7, 11) is 2.93. The van der Waals surface area contributed by atoms with Gasteiger partial charge in [-0.2, -0.15) is 5.10 Å². The van der Waals surface area contributed by atoms with Gasteiger partial charge < -0.3 is 24.3 Å². The molecule has 2 amide bonds. The van der Waals surface area contributed by atoms with Gasteiger partial charge in [0, 0.05) is 21.7 Å². The molecule has 0 bridgehead atoms. The Kier molecular flexibility index (Phi) is 10.6. The van der Waals surface area contributed by atoms with Gasteiger partial charge in [-0.15, -0.1) is 0 Å². The van der Waals surface area contributed by atoms with Gasteiger partial charge in [0.15, 0.2) is 11.5 Å². The molecule has 0 spiro atoms. The summed E-state index contributed by atoms with van der Waals surface area (Å²) in [5, 5.41) is 7.32. The number of hydrogen-bond acceptors (Lipinski definition) is 7. The van der Waals surface area contributed by atoms with Crippen molar-refractivity contribution in [2.75, 3.05) is 26.1 Å². The number of benzene rings is 3. The number of amides is 2. The predicted octanol–water partition coefficient (Wildman–Crippen LogP) is 5.84. The Morgan fingerprint density at radius 3 is 2.37 bits per heavy atom. The Bertz CT molecular complexity index is 1330. The van der Waals surface area contributed by atoms with E-state index >= 15 is 0 Å². The molecule has 0 radical (unpaired) electrons. The Morgan fingerprint density at radius 1 is 0.974 bits per heavy atom. The fourth-order valence-electron chi connectivity index (χ4n) is 3.19. The van der Waals surface area contributed by atoms with Gasteiger partial charge in [-0.05, 0) is 64.8 Å². The molecule has 9 nitrogen and oxygen atoms in total. The van der Waals surface area contributed by atoms with Crippen molar-refractivity contribution < 1.29 is 28.5 Å². The first-order valence-electron chi connectivity index (χ1n) is 11.2. The van der Waals surface area contributed by atoms with Crippen LogP contribution < -0.4 is 29.7 Å². The molecule has 0 aromatic heterocycles. The predicted molar refractivity (Wildman–Crippen MR) is 150 cm³/mol. The standard InChI is InChI=1S/C26H24BrCl2N3O6/c1-4-37-23-11-15(10-18(27)24(23)38-14-17-19(28)6-5-7-20(17)29)13-30-32-26(34)25(33)31-21-12-16(35-2)8-9-22(21)36-3/h5-13H,4,14H2,1-3H3,(H,31,33)(H,32,34)/b30-13+. The number of carbonyl (C=O) groups is 2. The van der Waals surface area contributed by atoms with Gasteiger partial charge in [-0.25, -0.2) is 5.43 Å². The third-order valence-electron chi connectivity index (χ3n) is 5.00. The molecule has 3 aromatic rings. The third-order valence-corrected chi connectivity index (χ3v) is 6.29. The average Bonchev–Trinajstić information content (AvgIpc) is 2.89. The first-order valence-corrected chi connectivity index (χ1v) is 12.7. The number of nitrogens with zero attached hydrogens (tertiary/aromatic N) is 1. The van der Waals surface area contributed by atoms with Crippen molar-refractivity contribution in [3.8, 4) is 23.0 Å². The van der Waals surface area contributed by atoms with Crippen LogP contribution in [0.4, 0.5) is 5.69 Å². The van der Waals surface area contributed by atoms with Crippen LogP contribution in [0, 0.1) is 0 Å². The van der Waals surface area contributed by atoms with Crippen molar-refractivity contribution >= 4 is 62.8 Å². The maximum atomic E-state index is 12.3. The van der Waals surface area contributed by atoms with E-state index in [4.69, 9.17) is 42.1 Å². The molecule has 0 aliphatic heterocycles. The normalized spacial score (nSPS) is 10.7. The van der Waals surface area contributed by atoms with Crippen LogP contribution >= 0.6 is 39.1 Å². The zero-order valence-corrected chi connectivity index (χ0v) is 23.7. The van der Waals surface area contributed by atoms with Crippen molar-refractivity contribution in [2.24, 2.45) is 5.10 Å². The van der Waals surface area contributed by atoms with Crippen molar-refractivity contribution in [3.05, 3.63) is 74.2 Å². The second kappa shape index (κ2) is 13.9. The zero-order chi connectivity index (χ0) is 27.7. The van der Waals surface area contributed by atoms with Crippen molar-refractivity contribution in [1.29, 1.82) is 0 Å². The number of rotatable bonds is 10. The van der Waals surface area contributed by atoms with E-state index in [2.05, 4.69) is 31.8 Å². The first-order chi connectivity index (χ1) is 18.3. The van der Waals surface area contributed by atoms with E-state index in [1.54, 1.807) is 42.5 Å². The van der Waals surface area contributed by atoms with E-state index in [1.165, 1.54) is 26.5 Å². The minimum Gasteiger partial charge on any atom is -0.497 e. The molecule has 0 aliphatic carbocycles. The summed E-state index contributed by atoms with van der Waals surface area (Å²) < 4.78 is 22.6. The lowest BCUT2D eigenvalue weighted by atomic mass is 10.2. The molecular weight excluding hydrogens is 601 g/mol. The molecule has 0 saturated carbocycles. The van der Waals surface area contributed by atoms with Crippen LogP contribution in [-0.4, -0.2) is 38.9 Å². The lowest BCUT2D eigenvalue weighted by molar-refractivity contribution is -0.136. The number of hydrazone groups is 1. The number of anilines is 1. The second-order valence-corrected chi connectivity index (χ2v) is 9.14. The van der Waals surface area contributed by atoms with E-state index in [1.807, 2.05) is 6.92 Å². The Morgan fingerprint density at radius 2 is 1.71 bits per heavy atom. The average molecular weight is 625 g/mol. The summed E-state index contributed by atoms with van der Waals surface area (Å²) in [5.74, 6) is -0.199. The largest absolute Gasteiger partial charge is 0.497 e. The van der Waals surface area contributed by atoms with Crippen molar-refractivity contribution in [1.82, 2.24) is 5.43 Å². The fraction of sp³-hybridized carbons (Fsp3) is 0.192. The number of halogens is 3. The highest BCUT2D eigenvalue weighted by Gasteiger charge is 2.17. The third kappa shape index (κ3) is 7.53. The molecule has 0 aliphatic rings. The van der Waals surface area contributed by atoms with Crippen LogP contribution in [0.15, 0.2) is 58.1 Å². The molecule has 0 saturated heterocycles. The highest BCUT2D eigenvalue weighted by molar-refractivity contribution is 9.10. The molecular formula is C26H24BrCl2N3O6. The van der Waals surface area contributed by atoms with Gasteiger partial charge in [0.25, 0.3) is 0 Å². The maximum Gasteiger partial charge on any atom is 0.329 e. The topological polar surface area (TPSA) is 107 Å². The summed E-state index contributed by atoms with van der Waals surface area (Å²) in [5.41, 5.74) is 3.67. The molecule has 3 rings (SSSR count). The maximum absolute atomic E-state index is 12.3. The minimum atomic E-state index is -0.980. The van der Waals surface area contributed by atoms with E-state index < -0.39 is 11.8 Å². The number of nitrogens with one attached hydrogen (secondary N) is 2. The Labute approximate surface area is 238 Å². The summed E-state index contributed by atoms with van der Waals surface area (Å²) in [6.07, 6.45) is 1.36. The number of ether oxygens (including phenoxy) is 4. The Hall–Kier alpha value is -3.47.